The zero-order chi connectivity index (χ0) is 23.2. The van der Waals surface area contributed by atoms with E-state index in [0.29, 0.717) is 5.06 Å². The Morgan fingerprint density at radius 3 is 1.34 bits per heavy atom. The first kappa shape index (κ1) is 27.1. The zero-order valence-corrected chi connectivity index (χ0v) is 19.4. The number of aliphatic carboxylic acids is 1. The number of hydrogen-bond donors (Lipinski definition) is 2. The molecule has 0 atom stereocenters. The molecule has 11 nitrogen and oxygen atoms in total. The number of amides is 4. The topological polar surface area (TPSA) is 159 Å². The molecule has 0 saturated carbocycles. The number of hydrogen-bond acceptors (Lipinski definition) is 8. The predicted octanol–water partition coefficient (Wildman–Crippen LogP) is 1.54. The second-order valence-corrected chi connectivity index (χ2v) is 10.8. The number of alkyl halides is 2. The fraction of sp³-hybridized carbons (Fsp3) is 0.625. The second-order valence-electron chi connectivity index (χ2n) is 6.81. The van der Waals surface area contributed by atoms with E-state index in [9.17, 15) is 28.8 Å². The number of rotatable bonds is 3. The summed E-state index contributed by atoms with van der Waals surface area (Å²) in [5.41, 5.74) is 0. The summed E-state index contributed by atoms with van der Waals surface area (Å²) >= 11 is 6.01. The third-order valence-corrected chi connectivity index (χ3v) is 3.86. The average molecular weight is 546 g/mol. The van der Waals surface area contributed by atoms with Crippen molar-refractivity contribution in [2.75, 3.05) is 0 Å². The number of carboxylic acid groups (broad SMARTS) is 1. The van der Waals surface area contributed by atoms with Crippen molar-refractivity contribution in [2.45, 2.75) is 62.0 Å². The fourth-order valence-corrected chi connectivity index (χ4v) is 1.49. The predicted molar refractivity (Wildman–Crippen MR) is 104 cm³/mol. The standard InChI is InChI=1S/C8H10BrNO4.C4H7BrO2.C4H5NO3/c1-8(2,9)7(13)14-10-5(11)3-4-6(10)12;1-4(2,5)3(6)7;6-3-1-2-4(7)5(3)8/h3-4H2,1-2H3;1-2H3,(H,6,7);8H,1-2H2. The van der Waals surface area contributed by atoms with Crippen molar-refractivity contribution in [2.24, 2.45) is 0 Å². The van der Waals surface area contributed by atoms with E-state index in [-0.39, 0.29) is 30.7 Å². The van der Waals surface area contributed by atoms with Gasteiger partial charge in [0.05, 0.1) is 0 Å². The molecule has 0 radical (unpaired) electrons. The molecule has 2 N–H and O–H groups in total. The Morgan fingerprint density at radius 1 is 0.828 bits per heavy atom. The van der Waals surface area contributed by atoms with E-state index < -0.39 is 44.2 Å². The molecule has 0 aliphatic carbocycles. The smallest absolute Gasteiger partial charge is 0.349 e. The Hall–Kier alpha value is -1.86. The molecule has 0 unspecified atom stereocenters. The van der Waals surface area contributed by atoms with Gasteiger partial charge in [-0.05, 0) is 27.7 Å². The molecule has 2 aliphatic rings. The Balaban J connectivity index is 0.000000444. The molecule has 2 fully saturated rings. The summed E-state index contributed by atoms with van der Waals surface area (Å²) in [6, 6.07) is 0. The van der Waals surface area contributed by atoms with E-state index in [1.807, 2.05) is 0 Å². The minimum atomic E-state index is -0.907. The van der Waals surface area contributed by atoms with Crippen LogP contribution >= 0.6 is 31.9 Å². The van der Waals surface area contributed by atoms with E-state index in [2.05, 4.69) is 36.7 Å². The lowest BCUT2D eigenvalue weighted by molar-refractivity contribution is -0.198. The molecule has 4 amide bonds. The number of nitrogens with zero attached hydrogens (tertiary/aromatic N) is 2. The molecule has 0 aromatic carbocycles. The van der Waals surface area contributed by atoms with Gasteiger partial charge in [0.1, 0.15) is 8.65 Å². The lowest BCUT2D eigenvalue weighted by Gasteiger charge is -2.18. The summed E-state index contributed by atoms with van der Waals surface area (Å²) < 4.78 is -1.68. The lowest BCUT2D eigenvalue weighted by atomic mass is 10.2. The first-order valence-corrected chi connectivity index (χ1v) is 9.81. The van der Waals surface area contributed by atoms with Crippen LogP contribution in [0.1, 0.15) is 53.4 Å². The van der Waals surface area contributed by atoms with Gasteiger partial charge >= 0.3 is 11.9 Å². The van der Waals surface area contributed by atoms with E-state index in [1.54, 1.807) is 27.7 Å². The van der Waals surface area contributed by atoms with Crippen molar-refractivity contribution >= 4 is 67.4 Å². The normalized spacial score (nSPS) is 16.8. The number of carboxylic acids is 1. The minimum Gasteiger partial charge on any atom is -0.480 e. The van der Waals surface area contributed by atoms with Crippen molar-refractivity contribution in [3.63, 3.8) is 0 Å². The van der Waals surface area contributed by atoms with E-state index in [0.717, 1.165) is 0 Å². The Labute approximate surface area is 183 Å². The molecular formula is C16H22Br2N2O9. The van der Waals surface area contributed by atoms with Crippen LogP contribution in [0.25, 0.3) is 0 Å². The molecule has 0 spiro atoms. The number of hydroxylamine groups is 4. The molecule has 0 aromatic rings. The van der Waals surface area contributed by atoms with Crippen LogP contribution in [0.15, 0.2) is 0 Å². The van der Waals surface area contributed by atoms with Crippen LogP contribution in [0, 0.1) is 0 Å². The van der Waals surface area contributed by atoms with Gasteiger partial charge in [0, 0.05) is 25.7 Å². The highest BCUT2D eigenvalue weighted by atomic mass is 79.9. The molecule has 2 heterocycles. The summed E-state index contributed by atoms with van der Waals surface area (Å²) in [4.78, 5) is 68.5. The molecule has 164 valence electrons. The van der Waals surface area contributed by atoms with Crippen molar-refractivity contribution in [3.05, 3.63) is 0 Å². The summed E-state index contributed by atoms with van der Waals surface area (Å²) in [6.07, 6.45) is 0.508. The van der Waals surface area contributed by atoms with Crippen LogP contribution in [0.4, 0.5) is 0 Å². The van der Waals surface area contributed by atoms with Crippen molar-refractivity contribution < 1.29 is 43.9 Å². The zero-order valence-electron chi connectivity index (χ0n) is 16.2. The van der Waals surface area contributed by atoms with Gasteiger partial charge < -0.3 is 9.94 Å². The second kappa shape index (κ2) is 10.8. The van der Waals surface area contributed by atoms with Gasteiger partial charge in [-0.2, -0.15) is 5.06 Å². The van der Waals surface area contributed by atoms with Gasteiger partial charge in [0.25, 0.3) is 23.6 Å². The molecular weight excluding hydrogens is 524 g/mol. The maximum atomic E-state index is 11.3. The average Bonchev–Trinajstić information content (AvgIpc) is 3.04. The van der Waals surface area contributed by atoms with Crippen molar-refractivity contribution in [1.82, 2.24) is 10.1 Å². The molecule has 29 heavy (non-hydrogen) atoms. The molecule has 2 saturated heterocycles. The van der Waals surface area contributed by atoms with E-state index in [1.165, 1.54) is 0 Å². The number of halogens is 2. The molecule has 2 aliphatic heterocycles. The highest BCUT2D eigenvalue weighted by Crippen LogP contribution is 2.21. The van der Waals surface area contributed by atoms with Gasteiger partial charge in [0.15, 0.2) is 0 Å². The molecule has 0 bridgehead atoms. The van der Waals surface area contributed by atoms with Crippen LogP contribution < -0.4 is 0 Å². The van der Waals surface area contributed by atoms with Crippen LogP contribution in [0.5, 0.6) is 0 Å². The van der Waals surface area contributed by atoms with Crippen LogP contribution in [-0.4, -0.2) is 64.7 Å². The lowest BCUT2D eigenvalue weighted by Crippen LogP contribution is -2.38. The van der Waals surface area contributed by atoms with Gasteiger partial charge in [-0.1, -0.05) is 31.9 Å². The molecule has 13 heteroatoms. The van der Waals surface area contributed by atoms with Gasteiger partial charge in [0.2, 0.25) is 0 Å². The van der Waals surface area contributed by atoms with Crippen LogP contribution in [0.3, 0.4) is 0 Å². The first-order chi connectivity index (χ1) is 13.0. The Morgan fingerprint density at radius 2 is 1.14 bits per heavy atom. The molecule has 2 rings (SSSR count). The number of imide groups is 2. The highest BCUT2D eigenvalue weighted by molar-refractivity contribution is 9.10. The highest BCUT2D eigenvalue weighted by Gasteiger charge is 2.36. The van der Waals surface area contributed by atoms with Gasteiger partial charge in [-0.25, -0.2) is 4.79 Å². The Kier molecular flexibility index (Phi) is 10.1. The summed E-state index contributed by atoms with van der Waals surface area (Å²) in [5, 5.41) is 17.3. The number of carbonyl (C=O) groups excluding carboxylic acids is 5. The summed E-state index contributed by atoms with van der Waals surface area (Å²) in [5.74, 6) is -3.46. The van der Waals surface area contributed by atoms with Crippen LogP contribution in [0.2, 0.25) is 0 Å². The monoisotopic (exact) mass is 544 g/mol. The van der Waals surface area contributed by atoms with E-state index >= 15 is 0 Å². The van der Waals surface area contributed by atoms with Crippen molar-refractivity contribution in [3.8, 4) is 0 Å². The third-order valence-electron chi connectivity index (χ3n) is 3.20. The maximum Gasteiger partial charge on any atom is 0.349 e. The minimum absolute atomic E-state index is 0.106. The van der Waals surface area contributed by atoms with Gasteiger partial charge in [-0.3, -0.25) is 29.2 Å². The maximum absolute atomic E-state index is 11.3. The number of carbonyl (C=O) groups is 6. The van der Waals surface area contributed by atoms with Gasteiger partial charge in [-0.15, -0.1) is 5.06 Å². The third kappa shape index (κ3) is 9.45. The largest absolute Gasteiger partial charge is 0.480 e. The Bertz CT molecular complexity index is 663. The fourth-order valence-electron chi connectivity index (χ4n) is 1.41. The van der Waals surface area contributed by atoms with E-state index in [4.69, 9.17) is 10.3 Å². The van der Waals surface area contributed by atoms with Crippen LogP contribution in [-0.2, 0) is 33.6 Å². The summed E-state index contributed by atoms with van der Waals surface area (Å²) in [7, 11) is 0. The SMILES string of the molecule is CC(C)(Br)C(=O)O.CC(C)(Br)C(=O)ON1C(=O)CCC1=O.O=C1CCC(=O)N1O. The molecule has 0 aromatic heterocycles. The summed E-state index contributed by atoms with van der Waals surface area (Å²) in [6.45, 7) is 6.30. The van der Waals surface area contributed by atoms with Crippen molar-refractivity contribution in [1.29, 1.82) is 0 Å². The quantitative estimate of drug-likeness (QED) is 0.304. The first-order valence-electron chi connectivity index (χ1n) is 8.22.